The summed E-state index contributed by atoms with van der Waals surface area (Å²) in [7, 11) is 0. The van der Waals surface area contributed by atoms with Gasteiger partial charge in [0.05, 0.1) is 5.56 Å². The molecule has 4 aromatic rings. The molecule has 1 aliphatic carbocycles. The first-order valence-corrected chi connectivity index (χ1v) is 15.2. The largest absolute Gasteiger partial charge is 0.490 e. The second-order valence-corrected chi connectivity index (χ2v) is 11.9. The Morgan fingerprint density at radius 3 is 2.11 bits per heavy atom. The van der Waals surface area contributed by atoms with Crippen molar-refractivity contribution in [2.75, 3.05) is 13.2 Å². The number of ketones is 1. The molecule has 10 heteroatoms. The number of rotatable bonds is 12. The van der Waals surface area contributed by atoms with E-state index in [-0.39, 0.29) is 24.7 Å². The monoisotopic (exact) mass is 636 g/mol. The van der Waals surface area contributed by atoms with E-state index in [1.807, 2.05) is 72.8 Å². The van der Waals surface area contributed by atoms with Gasteiger partial charge < -0.3 is 29.6 Å². The first-order valence-electron chi connectivity index (χ1n) is 15.2. The van der Waals surface area contributed by atoms with Gasteiger partial charge in [0, 0.05) is 5.56 Å². The number of carbonyl (C=O) groups excluding carboxylic acids is 4. The smallest absolute Gasteiger partial charge is 0.408 e. The molecule has 2 amide bonds. The van der Waals surface area contributed by atoms with Crippen molar-refractivity contribution in [3.05, 3.63) is 119 Å². The second-order valence-electron chi connectivity index (χ2n) is 11.9. The molecule has 5 rings (SSSR count). The van der Waals surface area contributed by atoms with Crippen LogP contribution >= 0.6 is 0 Å². The third kappa shape index (κ3) is 8.76. The molecule has 0 spiro atoms. The number of hydrogen-bond donors (Lipinski definition) is 2. The molecule has 0 aliphatic heterocycles. The number of nitrogens with one attached hydrogen (secondary N) is 2. The molecule has 0 unspecified atom stereocenters. The molecular weight excluding hydrogens is 600 g/mol. The molecule has 242 valence electrons. The predicted molar refractivity (Wildman–Crippen MR) is 174 cm³/mol. The van der Waals surface area contributed by atoms with E-state index < -0.39 is 36.2 Å². The van der Waals surface area contributed by atoms with Gasteiger partial charge in [-0.2, -0.15) is 0 Å². The molecule has 0 saturated carbocycles. The lowest BCUT2D eigenvalue weighted by Gasteiger charge is -2.23. The first kappa shape index (κ1) is 32.7. The Morgan fingerprint density at radius 2 is 1.43 bits per heavy atom. The molecule has 0 bridgehead atoms. The number of amides is 2. The summed E-state index contributed by atoms with van der Waals surface area (Å²) in [5, 5.41) is 4.99. The van der Waals surface area contributed by atoms with E-state index in [0.29, 0.717) is 34.6 Å². The van der Waals surface area contributed by atoms with Gasteiger partial charge in [-0.25, -0.2) is 4.79 Å². The van der Waals surface area contributed by atoms with Crippen molar-refractivity contribution in [2.24, 2.45) is 0 Å². The van der Waals surface area contributed by atoms with E-state index in [9.17, 15) is 19.2 Å². The molecule has 0 radical (unpaired) electrons. The maximum absolute atomic E-state index is 13.5. The van der Waals surface area contributed by atoms with Crippen LogP contribution in [0.3, 0.4) is 0 Å². The van der Waals surface area contributed by atoms with Crippen LogP contribution in [0.15, 0.2) is 97.1 Å². The predicted octanol–water partition coefficient (Wildman–Crippen LogP) is 5.61. The van der Waals surface area contributed by atoms with Crippen LogP contribution in [0.1, 0.15) is 47.8 Å². The number of fused-ring (bicyclic) bond motifs is 3. The zero-order valence-corrected chi connectivity index (χ0v) is 26.4. The van der Waals surface area contributed by atoms with E-state index in [2.05, 4.69) is 10.6 Å². The molecule has 2 N–H and O–H groups in total. The van der Waals surface area contributed by atoms with Gasteiger partial charge in [0.1, 0.15) is 49.5 Å². The van der Waals surface area contributed by atoms with E-state index in [4.69, 9.17) is 18.9 Å². The molecule has 4 aromatic carbocycles. The van der Waals surface area contributed by atoms with Crippen molar-refractivity contribution < 1.29 is 38.1 Å². The number of benzene rings is 4. The van der Waals surface area contributed by atoms with Crippen LogP contribution in [-0.4, -0.2) is 48.5 Å². The van der Waals surface area contributed by atoms with Crippen LogP contribution in [0.4, 0.5) is 4.79 Å². The number of alkyl carbamates (subject to hydrolysis) is 1. The zero-order chi connectivity index (χ0) is 33.4. The van der Waals surface area contributed by atoms with Crippen molar-refractivity contribution in [2.45, 2.75) is 45.6 Å². The standard InChI is InChI=1S/C37H36N2O8/c1-37(2,3)47-36(43)39-30(35(42)38-20-32(40)46-22-25-13-8-5-9-14-25)23-45-31-16-10-15-27-29-19-26(17-18-28(29)34(41)33(27)31)44-21-24-11-6-4-7-12-24/h4-19,30H,20-23H2,1-3H3,(H,38,42)(H,39,43)/t30-/m0/s1. The lowest BCUT2D eigenvalue weighted by Crippen LogP contribution is -2.52. The lowest BCUT2D eigenvalue weighted by molar-refractivity contribution is -0.145. The summed E-state index contributed by atoms with van der Waals surface area (Å²) in [6, 6.07) is 28.1. The van der Waals surface area contributed by atoms with Crippen molar-refractivity contribution >= 4 is 23.8 Å². The van der Waals surface area contributed by atoms with E-state index in [0.717, 1.165) is 11.1 Å². The van der Waals surface area contributed by atoms with Gasteiger partial charge in [0.2, 0.25) is 5.91 Å². The van der Waals surface area contributed by atoms with E-state index in [1.54, 1.807) is 45.0 Å². The highest BCUT2D eigenvalue weighted by atomic mass is 16.6. The van der Waals surface area contributed by atoms with Gasteiger partial charge in [0.15, 0.2) is 5.78 Å². The molecule has 1 atom stereocenters. The minimum Gasteiger partial charge on any atom is -0.490 e. The van der Waals surface area contributed by atoms with Crippen molar-refractivity contribution in [3.8, 4) is 22.6 Å². The molecule has 0 heterocycles. The quantitative estimate of drug-likeness (QED) is 0.169. The first-order chi connectivity index (χ1) is 22.6. The SMILES string of the molecule is CC(C)(C)OC(=O)N[C@@H](COc1cccc2c1C(=O)c1ccc(OCc3ccccc3)cc1-2)C(=O)NCC(=O)OCc1ccccc1. The van der Waals surface area contributed by atoms with Crippen LogP contribution < -0.4 is 20.1 Å². The lowest BCUT2D eigenvalue weighted by atomic mass is 10.1. The summed E-state index contributed by atoms with van der Waals surface area (Å²) >= 11 is 0. The summed E-state index contributed by atoms with van der Waals surface area (Å²) in [6.07, 6.45) is -0.849. The Hall–Kier alpha value is -5.64. The van der Waals surface area contributed by atoms with Gasteiger partial charge in [-0.1, -0.05) is 72.8 Å². The third-order valence-corrected chi connectivity index (χ3v) is 7.09. The Labute approximate surface area is 273 Å². The maximum Gasteiger partial charge on any atom is 0.408 e. The fraction of sp³-hybridized carbons (Fsp3) is 0.243. The second kappa shape index (κ2) is 14.6. The van der Waals surface area contributed by atoms with Crippen molar-refractivity contribution in [3.63, 3.8) is 0 Å². The molecular formula is C37H36N2O8. The van der Waals surface area contributed by atoms with Gasteiger partial charge in [-0.3, -0.25) is 14.4 Å². The highest BCUT2D eigenvalue weighted by molar-refractivity contribution is 6.23. The Morgan fingerprint density at radius 1 is 0.745 bits per heavy atom. The van der Waals surface area contributed by atoms with Crippen molar-refractivity contribution in [1.29, 1.82) is 0 Å². The van der Waals surface area contributed by atoms with Crippen LogP contribution in [0.5, 0.6) is 11.5 Å². The number of esters is 1. The van der Waals surface area contributed by atoms with Crippen LogP contribution in [0.25, 0.3) is 11.1 Å². The Balaban J connectivity index is 1.27. The normalized spacial score (nSPS) is 12.3. The summed E-state index contributed by atoms with van der Waals surface area (Å²) < 4.78 is 22.6. The molecule has 0 aromatic heterocycles. The van der Waals surface area contributed by atoms with Gasteiger partial charge in [-0.15, -0.1) is 0 Å². The van der Waals surface area contributed by atoms with Gasteiger partial charge in [0.25, 0.3) is 0 Å². The summed E-state index contributed by atoms with van der Waals surface area (Å²) in [4.78, 5) is 51.6. The summed E-state index contributed by atoms with van der Waals surface area (Å²) in [5.41, 5.74) is 3.19. The molecule has 10 nitrogen and oxygen atoms in total. The van der Waals surface area contributed by atoms with Crippen molar-refractivity contribution in [1.82, 2.24) is 10.6 Å². The molecule has 47 heavy (non-hydrogen) atoms. The molecule has 0 fully saturated rings. The van der Waals surface area contributed by atoms with Gasteiger partial charge >= 0.3 is 12.1 Å². The van der Waals surface area contributed by atoms with Crippen LogP contribution in [0, 0.1) is 0 Å². The van der Waals surface area contributed by atoms with E-state index in [1.165, 1.54) is 0 Å². The average molecular weight is 637 g/mol. The van der Waals surface area contributed by atoms with Crippen LogP contribution in [-0.2, 0) is 32.3 Å². The summed E-state index contributed by atoms with van der Waals surface area (Å²) in [5.74, 6) is -0.741. The third-order valence-electron chi connectivity index (χ3n) is 7.09. The highest BCUT2D eigenvalue weighted by Crippen LogP contribution is 2.42. The van der Waals surface area contributed by atoms with E-state index >= 15 is 0 Å². The Bertz CT molecular complexity index is 1750. The fourth-order valence-electron chi connectivity index (χ4n) is 4.90. The highest BCUT2D eigenvalue weighted by Gasteiger charge is 2.32. The average Bonchev–Trinajstić information content (AvgIpc) is 3.35. The summed E-state index contributed by atoms with van der Waals surface area (Å²) in [6.45, 7) is 4.72. The molecule has 1 aliphatic rings. The Kier molecular flexibility index (Phi) is 10.2. The number of hydrogen-bond acceptors (Lipinski definition) is 8. The van der Waals surface area contributed by atoms with Crippen LogP contribution in [0.2, 0.25) is 0 Å². The zero-order valence-electron chi connectivity index (χ0n) is 26.4. The van der Waals surface area contributed by atoms with Gasteiger partial charge in [-0.05, 0) is 67.3 Å². The fourth-order valence-corrected chi connectivity index (χ4v) is 4.90. The molecule has 0 saturated heterocycles. The minimum atomic E-state index is -1.26. The minimum absolute atomic E-state index is 0.0500. The maximum atomic E-state index is 13.5. The number of ether oxygens (including phenoxy) is 4. The topological polar surface area (TPSA) is 129 Å². The number of carbonyl (C=O) groups is 4.